The van der Waals surface area contributed by atoms with Crippen LogP contribution < -0.4 is 5.32 Å². The van der Waals surface area contributed by atoms with Crippen LogP contribution in [-0.4, -0.2) is 50.3 Å². The van der Waals surface area contributed by atoms with E-state index in [2.05, 4.69) is 37.9 Å². The number of ether oxygens (including phenoxy) is 1. The summed E-state index contributed by atoms with van der Waals surface area (Å²) in [5.41, 5.74) is 0. The van der Waals surface area contributed by atoms with Crippen molar-refractivity contribution >= 4 is 0 Å². The van der Waals surface area contributed by atoms with Gasteiger partial charge in [0.25, 0.3) is 0 Å². The summed E-state index contributed by atoms with van der Waals surface area (Å²) in [5.74, 6) is 1.60. The Bertz CT molecular complexity index is 223. The average molecular weight is 256 g/mol. The number of methoxy groups -OCH3 is 1. The molecule has 1 saturated heterocycles. The topological polar surface area (TPSA) is 24.5 Å². The summed E-state index contributed by atoms with van der Waals surface area (Å²) in [5, 5.41) is 3.55. The molecule has 0 radical (unpaired) electrons. The second kappa shape index (κ2) is 8.13. The van der Waals surface area contributed by atoms with E-state index in [1.165, 1.54) is 19.4 Å². The van der Waals surface area contributed by atoms with Crippen LogP contribution in [0.25, 0.3) is 0 Å². The second-order valence-electron chi connectivity index (χ2n) is 6.07. The fourth-order valence-corrected chi connectivity index (χ4v) is 3.15. The van der Waals surface area contributed by atoms with Gasteiger partial charge in [0.15, 0.2) is 0 Å². The molecule has 0 amide bonds. The second-order valence-corrected chi connectivity index (χ2v) is 6.07. The molecular formula is C15H32N2O. The van der Waals surface area contributed by atoms with E-state index in [1.54, 1.807) is 0 Å². The van der Waals surface area contributed by atoms with Gasteiger partial charge < -0.3 is 10.1 Å². The van der Waals surface area contributed by atoms with Crippen molar-refractivity contribution in [2.45, 2.75) is 52.6 Å². The monoisotopic (exact) mass is 256 g/mol. The molecule has 4 atom stereocenters. The number of hydrogen-bond donors (Lipinski definition) is 1. The van der Waals surface area contributed by atoms with Crippen molar-refractivity contribution in [2.75, 3.05) is 33.4 Å². The minimum atomic E-state index is 0.516. The van der Waals surface area contributed by atoms with Crippen LogP contribution >= 0.6 is 0 Å². The summed E-state index contributed by atoms with van der Waals surface area (Å²) in [6.07, 6.45) is 2.56. The molecule has 0 aromatic carbocycles. The average Bonchev–Trinajstić information content (AvgIpc) is 2.33. The van der Waals surface area contributed by atoms with E-state index >= 15 is 0 Å². The van der Waals surface area contributed by atoms with Crippen LogP contribution in [0.1, 0.15) is 40.5 Å². The third kappa shape index (κ3) is 4.52. The molecule has 0 aromatic rings. The third-order valence-corrected chi connectivity index (χ3v) is 4.28. The lowest BCUT2D eigenvalue weighted by molar-refractivity contribution is 0.00674. The summed E-state index contributed by atoms with van der Waals surface area (Å²) in [7, 11) is 1.81. The number of rotatable bonds is 7. The number of nitrogens with zero attached hydrogens (tertiary/aromatic N) is 1. The molecule has 1 heterocycles. The van der Waals surface area contributed by atoms with Gasteiger partial charge in [-0.05, 0) is 38.1 Å². The lowest BCUT2D eigenvalue weighted by Crippen LogP contribution is -2.55. The van der Waals surface area contributed by atoms with Crippen molar-refractivity contribution in [3.63, 3.8) is 0 Å². The first-order valence-electron chi connectivity index (χ1n) is 7.55. The molecule has 0 bridgehead atoms. The number of likely N-dealkylation sites (tertiary alicyclic amines) is 1. The molecule has 18 heavy (non-hydrogen) atoms. The zero-order valence-electron chi connectivity index (χ0n) is 12.9. The van der Waals surface area contributed by atoms with Crippen molar-refractivity contribution in [1.82, 2.24) is 10.2 Å². The van der Waals surface area contributed by atoms with Crippen molar-refractivity contribution in [3.8, 4) is 0 Å². The van der Waals surface area contributed by atoms with Crippen LogP contribution in [0.4, 0.5) is 0 Å². The van der Waals surface area contributed by atoms with E-state index in [1.807, 2.05) is 7.11 Å². The van der Waals surface area contributed by atoms with Gasteiger partial charge in [0.05, 0.1) is 6.61 Å². The van der Waals surface area contributed by atoms with Crippen molar-refractivity contribution in [3.05, 3.63) is 0 Å². The van der Waals surface area contributed by atoms with E-state index in [-0.39, 0.29) is 0 Å². The molecule has 1 N–H and O–H groups in total. The van der Waals surface area contributed by atoms with Crippen LogP contribution in [0.3, 0.4) is 0 Å². The van der Waals surface area contributed by atoms with E-state index in [0.717, 1.165) is 31.5 Å². The van der Waals surface area contributed by atoms with E-state index in [0.29, 0.717) is 12.1 Å². The lowest BCUT2D eigenvalue weighted by atomic mass is 9.85. The minimum absolute atomic E-state index is 0.516. The largest absolute Gasteiger partial charge is 0.383 e. The fourth-order valence-electron chi connectivity index (χ4n) is 3.15. The first-order chi connectivity index (χ1) is 8.60. The highest BCUT2D eigenvalue weighted by Gasteiger charge is 2.32. The molecule has 108 valence electrons. The Hall–Kier alpha value is -0.120. The highest BCUT2D eigenvalue weighted by molar-refractivity contribution is 4.87. The smallest absolute Gasteiger partial charge is 0.0630 e. The van der Waals surface area contributed by atoms with Gasteiger partial charge in [-0.15, -0.1) is 0 Å². The van der Waals surface area contributed by atoms with Crippen LogP contribution in [0.5, 0.6) is 0 Å². The Labute approximate surface area is 113 Å². The molecule has 1 fully saturated rings. The predicted molar refractivity (Wildman–Crippen MR) is 77.9 cm³/mol. The normalized spacial score (nSPS) is 31.5. The minimum Gasteiger partial charge on any atom is -0.383 e. The Kier molecular flexibility index (Phi) is 7.20. The summed E-state index contributed by atoms with van der Waals surface area (Å²) >= 11 is 0. The first-order valence-corrected chi connectivity index (χ1v) is 7.55. The van der Waals surface area contributed by atoms with Gasteiger partial charge in [-0.25, -0.2) is 0 Å². The van der Waals surface area contributed by atoms with Crippen molar-refractivity contribution in [1.29, 1.82) is 0 Å². The fraction of sp³-hybridized carbons (Fsp3) is 1.00. The Balaban J connectivity index is 2.58. The summed E-state index contributed by atoms with van der Waals surface area (Å²) in [6, 6.07) is 1.19. The highest BCUT2D eigenvalue weighted by atomic mass is 16.5. The summed E-state index contributed by atoms with van der Waals surface area (Å²) in [6.45, 7) is 13.5. The van der Waals surface area contributed by atoms with Crippen LogP contribution in [-0.2, 0) is 4.74 Å². The number of nitrogens with one attached hydrogen (secondary N) is 1. The maximum Gasteiger partial charge on any atom is 0.0630 e. The van der Waals surface area contributed by atoms with Gasteiger partial charge in [-0.1, -0.05) is 20.8 Å². The molecule has 1 rings (SSSR count). The molecule has 1 aliphatic rings. The summed E-state index contributed by atoms with van der Waals surface area (Å²) in [4.78, 5) is 2.66. The predicted octanol–water partition coefficient (Wildman–Crippen LogP) is 2.37. The van der Waals surface area contributed by atoms with E-state index in [9.17, 15) is 0 Å². The van der Waals surface area contributed by atoms with E-state index in [4.69, 9.17) is 4.74 Å². The molecule has 4 unspecified atom stereocenters. The Morgan fingerprint density at radius 2 is 2.06 bits per heavy atom. The molecule has 3 heteroatoms. The highest BCUT2D eigenvalue weighted by Crippen LogP contribution is 2.28. The van der Waals surface area contributed by atoms with Gasteiger partial charge in [-0.3, -0.25) is 4.90 Å². The molecular weight excluding hydrogens is 224 g/mol. The molecule has 1 aliphatic heterocycles. The zero-order valence-corrected chi connectivity index (χ0v) is 12.9. The van der Waals surface area contributed by atoms with Gasteiger partial charge in [0.1, 0.15) is 0 Å². The summed E-state index contributed by atoms with van der Waals surface area (Å²) < 4.78 is 5.43. The standard InChI is InChI=1S/C15H32N2O/c1-6-7-16-9-15(11-18-5)17-10-12(2)8-13(3)14(17)4/h12-16H,6-11H2,1-5H3. The maximum atomic E-state index is 5.43. The van der Waals surface area contributed by atoms with Gasteiger partial charge in [0, 0.05) is 32.3 Å². The maximum absolute atomic E-state index is 5.43. The van der Waals surface area contributed by atoms with Gasteiger partial charge in [-0.2, -0.15) is 0 Å². The van der Waals surface area contributed by atoms with Crippen molar-refractivity contribution < 1.29 is 4.74 Å². The van der Waals surface area contributed by atoms with Gasteiger partial charge >= 0.3 is 0 Å². The zero-order chi connectivity index (χ0) is 13.5. The number of hydrogen-bond acceptors (Lipinski definition) is 3. The first kappa shape index (κ1) is 15.9. The molecule has 0 saturated carbocycles. The molecule has 0 spiro atoms. The Morgan fingerprint density at radius 1 is 1.33 bits per heavy atom. The SMILES string of the molecule is CCCNCC(COC)N1CC(C)CC(C)C1C. The van der Waals surface area contributed by atoms with Gasteiger partial charge in [0.2, 0.25) is 0 Å². The van der Waals surface area contributed by atoms with Crippen LogP contribution in [0.15, 0.2) is 0 Å². The third-order valence-electron chi connectivity index (χ3n) is 4.28. The molecule has 0 aliphatic carbocycles. The lowest BCUT2D eigenvalue weighted by Gasteiger charge is -2.45. The molecule has 0 aromatic heterocycles. The Morgan fingerprint density at radius 3 is 2.67 bits per heavy atom. The van der Waals surface area contributed by atoms with Crippen molar-refractivity contribution in [2.24, 2.45) is 11.8 Å². The van der Waals surface area contributed by atoms with Crippen LogP contribution in [0, 0.1) is 11.8 Å². The number of piperidine rings is 1. The quantitative estimate of drug-likeness (QED) is 0.708. The van der Waals surface area contributed by atoms with Crippen LogP contribution in [0.2, 0.25) is 0 Å². The van der Waals surface area contributed by atoms with E-state index < -0.39 is 0 Å². The molecule has 3 nitrogen and oxygen atoms in total.